The number of tetrazole rings is 1. The van der Waals surface area contributed by atoms with E-state index in [1.165, 1.54) is 12.4 Å². The fourth-order valence-corrected chi connectivity index (χ4v) is 4.13. The Bertz CT molecular complexity index is 1280. The van der Waals surface area contributed by atoms with Crippen molar-refractivity contribution in [2.75, 3.05) is 0 Å². The number of carboxylic acids is 1. The van der Waals surface area contributed by atoms with Crippen molar-refractivity contribution < 1.29 is 23.1 Å². The molecule has 1 unspecified atom stereocenters. The summed E-state index contributed by atoms with van der Waals surface area (Å²) in [4.78, 5) is 16.1. The number of carbonyl (C=O) groups is 1. The van der Waals surface area contributed by atoms with Crippen LogP contribution in [-0.4, -0.2) is 41.3 Å². The van der Waals surface area contributed by atoms with Crippen LogP contribution >= 0.6 is 0 Å². The first kappa shape index (κ1) is 23.4. The lowest BCUT2D eigenvalue weighted by molar-refractivity contribution is -0.142. The number of carboxylic acid groups (broad SMARTS) is 1. The highest BCUT2D eigenvalue weighted by atomic mass is 19.4. The molecule has 2 heterocycles. The molecule has 0 aliphatic heterocycles. The van der Waals surface area contributed by atoms with Crippen LogP contribution in [0.5, 0.6) is 0 Å². The minimum Gasteiger partial charge on any atom is -0.480 e. The Morgan fingerprint density at radius 2 is 1.91 bits per heavy atom. The van der Waals surface area contributed by atoms with Gasteiger partial charge in [-0.3, -0.25) is 0 Å². The van der Waals surface area contributed by atoms with Gasteiger partial charge in [-0.05, 0) is 34.9 Å². The third kappa shape index (κ3) is 4.63. The summed E-state index contributed by atoms with van der Waals surface area (Å²) in [6.07, 6.45) is 0.0103. The third-order valence-corrected chi connectivity index (χ3v) is 5.75. The van der Waals surface area contributed by atoms with Gasteiger partial charge in [0.1, 0.15) is 6.04 Å². The predicted molar refractivity (Wildman–Crippen MR) is 119 cm³/mol. The Labute approximate surface area is 192 Å². The van der Waals surface area contributed by atoms with E-state index >= 15 is 0 Å². The number of hydrogen-bond acceptors (Lipinski definition) is 5. The minimum absolute atomic E-state index is 0.0625. The number of unbranched alkanes of at least 4 members (excludes halogenated alkanes) is 3. The monoisotopic (exact) mass is 472 g/mol. The first-order chi connectivity index (χ1) is 16.3. The van der Waals surface area contributed by atoms with Gasteiger partial charge in [0.2, 0.25) is 5.82 Å². The first-order valence-corrected chi connectivity index (χ1v) is 10.9. The van der Waals surface area contributed by atoms with E-state index in [0.717, 1.165) is 29.9 Å². The Balaban J connectivity index is 1.85. The standard InChI is InChI=1S/C23H23F3N6O2/c1-2-3-4-5-10-19(22(33)34)32-13-27-18-12-14(11-17(20(18)32)23(24,25)26)15-8-6-7-9-16(15)21-28-30-31-29-21/h6-9,11-13,19H,2-5,10H2,1H3,(H,33,34)(H,28,29,30,31). The maximum absolute atomic E-state index is 14.2. The molecule has 1 atom stereocenters. The number of H-pyrrole nitrogens is 1. The smallest absolute Gasteiger partial charge is 0.418 e. The van der Waals surface area contributed by atoms with Gasteiger partial charge in [-0.25, -0.2) is 9.78 Å². The molecular weight excluding hydrogens is 449 g/mol. The van der Waals surface area contributed by atoms with Gasteiger partial charge in [0.15, 0.2) is 0 Å². The molecule has 2 N–H and O–H groups in total. The van der Waals surface area contributed by atoms with Crippen molar-refractivity contribution in [3.8, 4) is 22.5 Å². The SMILES string of the molecule is CCCCCCC(C(=O)O)n1cnc2cc(-c3ccccc3-c3nn[nH]n3)cc(C(F)(F)F)c21. The van der Waals surface area contributed by atoms with Gasteiger partial charge in [0.05, 0.1) is 22.9 Å². The molecule has 4 rings (SSSR count). The zero-order valence-electron chi connectivity index (χ0n) is 18.4. The number of rotatable bonds is 9. The predicted octanol–water partition coefficient (Wildman–Crippen LogP) is 5.50. The molecule has 0 aliphatic rings. The molecular formula is C23H23F3N6O2. The second-order valence-corrected chi connectivity index (χ2v) is 8.03. The van der Waals surface area contributed by atoms with Crippen LogP contribution in [0.15, 0.2) is 42.7 Å². The van der Waals surface area contributed by atoms with Gasteiger partial charge < -0.3 is 9.67 Å². The van der Waals surface area contributed by atoms with Crippen LogP contribution in [0.3, 0.4) is 0 Å². The van der Waals surface area contributed by atoms with Crippen LogP contribution in [0.4, 0.5) is 13.2 Å². The summed E-state index contributed by atoms with van der Waals surface area (Å²) in [6.45, 7) is 2.03. The van der Waals surface area contributed by atoms with Gasteiger partial charge in [-0.15, -0.1) is 10.2 Å². The lowest BCUT2D eigenvalue weighted by Crippen LogP contribution is -2.20. The Kier molecular flexibility index (Phi) is 6.62. The van der Waals surface area contributed by atoms with Crippen molar-refractivity contribution >= 4 is 17.0 Å². The second kappa shape index (κ2) is 9.62. The first-order valence-electron chi connectivity index (χ1n) is 10.9. The largest absolute Gasteiger partial charge is 0.480 e. The molecule has 4 aromatic rings. The molecule has 0 fully saturated rings. The lowest BCUT2D eigenvalue weighted by atomic mass is 9.96. The van der Waals surface area contributed by atoms with E-state index in [1.54, 1.807) is 24.3 Å². The van der Waals surface area contributed by atoms with E-state index in [4.69, 9.17) is 0 Å². The van der Waals surface area contributed by atoms with Gasteiger partial charge >= 0.3 is 12.1 Å². The molecule has 0 spiro atoms. The van der Waals surface area contributed by atoms with Crippen LogP contribution in [0.25, 0.3) is 33.5 Å². The Hall–Kier alpha value is -3.76. The summed E-state index contributed by atoms with van der Waals surface area (Å²) < 4.78 is 43.8. The summed E-state index contributed by atoms with van der Waals surface area (Å²) in [5.41, 5.74) is 0.118. The summed E-state index contributed by atoms with van der Waals surface area (Å²) in [7, 11) is 0. The minimum atomic E-state index is -4.72. The molecule has 8 nitrogen and oxygen atoms in total. The molecule has 0 saturated heterocycles. The third-order valence-electron chi connectivity index (χ3n) is 5.75. The highest BCUT2D eigenvalue weighted by Gasteiger charge is 2.36. The Morgan fingerprint density at radius 1 is 1.15 bits per heavy atom. The fourth-order valence-electron chi connectivity index (χ4n) is 4.13. The highest BCUT2D eigenvalue weighted by Crippen LogP contribution is 2.40. The van der Waals surface area contributed by atoms with Gasteiger partial charge in [-0.2, -0.15) is 18.4 Å². The number of benzene rings is 2. The van der Waals surface area contributed by atoms with Crippen LogP contribution in [-0.2, 0) is 11.0 Å². The van der Waals surface area contributed by atoms with Crippen molar-refractivity contribution in [1.29, 1.82) is 0 Å². The molecule has 0 saturated carbocycles. The van der Waals surface area contributed by atoms with E-state index in [0.29, 0.717) is 17.5 Å². The molecule has 34 heavy (non-hydrogen) atoms. The second-order valence-electron chi connectivity index (χ2n) is 8.03. The van der Waals surface area contributed by atoms with Gasteiger partial charge in [-0.1, -0.05) is 56.9 Å². The van der Waals surface area contributed by atoms with Crippen molar-refractivity contribution in [2.45, 2.75) is 51.2 Å². The molecule has 0 radical (unpaired) electrons. The maximum atomic E-state index is 14.2. The molecule has 0 amide bonds. The number of fused-ring (bicyclic) bond motifs is 1. The van der Waals surface area contributed by atoms with Crippen LogP contribution in [0, 0.1) is 0 Å². The summed E-state index contributed by atoms with van der Waals surface area (Å²) in [5.74, 6) is -0.941. The summed E-state index contributed by atoms with van der Waals surface area (Å²) in [5, 5.41) is 23.5. The zero-order chi connectivity index (χ0) is 24.3. The highest BCUT2D eigenvalue weighted by molar-refractivity contribution is 5.90. The van der Waals surface area contributed by atoms with Crippen molar-refractivity contribution in [3.63, 3.8) is 0 Å². The number of halogens is 3. The number of aromatic amines is 1. The van der Waals surface area contributed by atoms with Crippen LogP contribution in [0.2, 0.25) is 0 Å². The van der Waals surface area contributed by atoms with E-state index in [-0.39, 0.29) is 28.8 Å². The van der Waals surface area contributed by atoms with E-state index in [1.807, 2.05) is 6.92 Å². The maximum Gasteiger partial charge on any atom is 0.418 e. The van der Waals surface area contributed by atoms with Crippen LogP contribution in [0.1, 0.15) is 50.6 Å². The van der Waals surface area contributed by atoms with E-state index in [2.05, 4.69) is 25.6 Å². The fraction of sp³-hybridized carbons (Fsp3) is 0.348. The molecule has 2 aromatic heterocycles. The van der Waals surface area contributed by atoms with Crippen LogP contribution < -0.4 is 0 Å². The van der Waals surface area contributed by atoms with E-state index < -0.39 is 23.8 Å². The van der Waals surface area contributed by atoms with Gasteiger partial charge in [0.25, 0.3) is 0 Å². The van der Waals surface area contributed by atoms with Crippen molar-refractivity contribution in [3.05, 3.63) is 48.3 Å². The molecule has 0 aliphatic carbocycles. The average molecular weight is 472 g/mol. The number of alkyl halides is 3. The molecule has 11 heteroatoms. The van der Waals surface area contributed by atoms with Crippen molar-refractivity contribution in [2.24, 2.45) is 0 Å². The average Bonchev–Trinajstić information content (AvgIpc) is 3.48. The molecule has 0 bridgehead atoms. The number of aliphatic carboxylic acids is 1. The number of hydrogen-bond donors (Lipinski definition) is 2. The normalized spacial score (nSPS) is 12.8. The quantitative estimate of drug-likeness (QED) is 0.311. The molecule has 178 valence electrons. The number of nitrogens with zero attached hydrogens (tertiary/aromatic N) is 5. The summed E-state index contributed by atoms with van der Waals surface area (Å²) in [6, 6.07) is 8.19. The van der Waals surface area contributed by atoms with Crippen molar-refractivity contribution in [1.82, 2.24) is 30.2 Å². The topological polar surface area (TPSA) is 110 Å². The van der Waals surface area contributed by atoms with E-state index in [9.17, 15) is 23.1 Å². The van der Waals surface area contributed by atoms with Gasteiger partial charge in [0, 0.05) is 5.56 Å². The Morgan fingerprint density at radius 3 is 2.56 bits per heavy atom. The lowest BCUT2D eigenvalue weighted by Gasteiger charge is -2.18. The summed E-state index contributed by atoms with van der Waals surface area (Å²) >= 11 is 0. The number of aromatic nitrogens is 6. The number of nitrogens with one attached hydrogen (secondary N) is 1. The molecule has 2 aromatic carbocycles. The zero-order valence-corrected chi connectivity index (χ0v) is 18.4. The number of imidazole rings is 1.